The summed E-state index contributed by atoms with van der Waals surface area (Å²) in [7, 11) is 1.58. The maximum absolute atomic E-state index is 13.2. The molecule has 0 fully saturated rings. The van der Waals surface area contributed by atoms with Gasteiger partial charge in [0.05, 0.1) is 0 Å². The fourth-order valence-electron chi connectivity index (χ4n) is 2.13. The van der Waals surface area contributed by atoms with Gasteiger partial charge in [0.15, 0.2) is 0 Å². The molecule has 6 heteroatoms. The van der Waals surface area contributed by atoms with Crippen molar-refractivity contribution in [1.29, 1.82) is 0 Å². The number of ether oxygens (including phenoxy) is 1. The fourth-order valence-corrected chi connectivity index (χ4v) is 2.13. The van der Waals surface area contributed by atoms with Crippen LogP contribution in [0.3, 0.4) is 0 Å². The molecule has 0 atom stereocenters. The highest BCUT2D eigenvalue weighted by atomic mass is 19.1. The lowest BCUT2D eigenvalue weighted by molar-refractivity contribution is 0.0963. The number of nitrogens with zero attached hydrogens (tertiary/aromatic N) is 1. The van der Waals surface area contributed by atoms with Gasteiger partial charge in [0.2, 0.25) is 5.89 Å². The molecular formula is C18H15FN2O3. The van der Waals surface area contributed by atoms with Gasteiger partial charge in [-0.3, -0.25) is 4.79 Å². The number of rotatable bonds is 5. The predicted molar refractivity (Wildman–Crippen MR) is 86.1 cm³/mol. The minimum Gasteiger partial charge on any atom is -0.487 e. The molecule has 122 valence electrons. The molecule has 0 aliphatic rings. The van der Waals surface area contributed by atoms with Crippen LogP contribution in [0.25, 0.3) is 11.5 Å². The van der Waals surface area contributed by atoms with E-state index >= 15 is 0 Å². The Morgan fingerprint density at radius 2 is 2.04 bits per heavy atom. The molecule has 2 aromatic carbocycles. The lowest BCUT2D eigenvalue weighted by Gasteiger charge is -2.05. The van der Waals surface area contributed by atoms with Gasteiger partial charge in [0.25, 0.3) is 5.91 Å². The van der Waals surface area contributed by atoms with Crippen LogP contribution in [0.1, 0.15) is 16.1 Å². The van der Waals surface area contributed by atoms with E-state index in [-0.39, 0.29) is 18.3 Å². The summed E-state index contributed by atoms with van der Waals surface area (Å²) in [6.45, 7) is 0.206. The Balaban J connectivity index is 1.64. The van der Waals surface area contributed by atoms with E-state index in [1.165, 1.54) is 18.4 Å². The van der Waals surface area contributed by atoms with Crippen LogP contribution in [0.15, 0.2) is 59.2 Å². The molecule has 0 aliphatic carbocycles. The fraction of sp³-hybridized carbons (Fsp3) is 0.111. The van der Waals surface area contributed by atoms with Gasteiger partial charge in [-0.1, -0.05) is 6.07 Å². The average Bonchev–Trinajstić information content (AvgIpc) is 3.09. The Morgan fingerprint density at radius 1 is 1.25 bits per heavy atom. The molecule has 0 saturated carbocycles. The van der Waals surface area contributed by atoms with E-state index in [1.54, 1.807) is 43.4 Å². The number of hydrogen-bond donors (Lipinski definition) is 1. The van der Waals surface area contributed by atoms with Crippen LogP contribution in [0.5, 0.6) is 5.75 Å². The monoisotopic (exact) mass is 326 g/mol. The van der Waals surface area contributed by atoms with Gasteiger partial charge in [0.1, 0.15) is 30.1 Å². The Labute approximate surface area is 138 Å². The summed E-state index contributed by atoms with van der Waals surface area (Å²) < 4.78 is 24.2. The van der Waals surface area contributed by atoms with Crippen LogP contribution in [-0.4, -0.2) is 17.9 Å². The number of halogens is 1. The summed E-state index contributed by atoms with van der Waals surface area (Å²) in [6, 6.07) is 12.8. The Bertz CT molecular complexity index is 843. The highest BCUT2D eigenvalue weighted by molar-refractivity contribution is 5.94. The predicted octanol–water partition coefficient (Wildman–Crippen LogP) is 3.42. The number of nitrogens with one attached hydrogen (secondary N) is 1. The first kappa shape index (κ1) is 15.7. The molecular weight excluding hydrogens is 311 g/mol. The lowest BCUT2D eigenvalue weighted by atomic mass is 10.2. The van der Waals surface area contributed by atoms with Crippen molar-refractivity contribution in [2.24, 2.45) is 0 Å². The zero-order valence-electron chi connectivity index (χ0n) is 13.0. The summed E-state index contributed by atoms with van der Waals surface area (Å²) in [6.07, 6.45) is 1.47. The third-order valence-corrected chi connectivity index (χ3v) is 3.35. The summed E-state index contributed by atoms with van der Waals surface area (Å²) in [5.41, 5.74) is 1.71. The number of benzene rings is 2. The van der Waals surface area contributed by atoms with E-state index in [2.05, 4.69) is 10.3 Å². The van der Waals surface area contributed by atoms with Crippen LogP contribution in [0.2, 0.25) is 0 Å². The van der Waals surface area contributed by atoms with Gasteiger partial charge in [-0.15, -0.1) is 0 Å². The number of carbonyl (C=O) groups is 1. The van der Waals surface area contributed by atoms with Gasteiger partial charge in [-0.05, 0) is 42.5 Å². The van der Waals surface area contributed by atoms with Crippen LogP contribution in [0, 0.1) is 5.82 Å². The van der Waals surface area contributed by atoms with E-state index in [9.17, 15) is 9.18 Å². The smallest absolute Gasteiger partial charge is 0.251 e. The summed E-state index contributed by atoms with van der Waals surface area (Å²) in [5, 5.41) is 2.55. The molecule has 5 nitrogen and oxygen atoms in total. The van der Waals surface area contributed by atoms with Crippen LogP contribution < -0.4 is 10.1 Å². The molecule has 24 heavy (non-hydrogen) atoms. The molecule has 0 saturated heterocycles. The van der Waals surface area contributed by atoms with Crippen molar-refractivity contribution in [1.82, 2.24) is 10.3 Å². The van der Waals surface area contributed by atoms with E-state index in [0.29, 0.717) is 28.5 Å². The molecule has 1 N–H and O–H groups in total. The van der Waals surface area contributed by atoms with Crippen molar-refractivity contribution in [3.63, 3.8) is 0 Å². The van der Waals surface area contributed by atoms with Crippen molar-refractivity contribution in [3.8, 4) is 17.2 Å². The molecule has 0 aliphatic heterocycles. The van der Waals surface area contributed by atoms with Crippen LogP contribution in [0.4, 0.5) is 4.39 Å². The highest BCUT2D eigenvalue weighted by Gasteiger charge is 2.08. The first-order chi connectivity index (χ1) is 11.7. The van der Waals surface area contributed by atoms with Crippen molar-refractivity contribution >= 4 is 5.91 Å². The average molecular weight is 326 g/mol. The second kappa shape index (κ2) is 6.95. The van der Waals surface area contributed by atoms with Gasteiger partial charge < -0.3 is 14.5 Å². The SMILES string of the molecule is CNC(=O)c1ccc(OCc2coc(-c3cccc(F)c3)n2)cc1. The third kappa shape index (κ3) is 3.60. The highest BCUT2D eigenvalue weighted by Crippen LogP contribution is 2.20. The molecule has 1 aromatic heterocycles. The van der Waals surface area contributed by atoms with Crippen molar-refractivity contribution < 1.29 is 18.3 Å². The summed E-state index contributed by atoms with van der Waals surface area (Å²) in [4.78, 5) is 15.7. The maximum atomic E-state index is 13.2. The number of hydrogen-bond acceptors (Lipinski definition) is 4. The second-order valence-electron chi connectivity index (χ2n) is 5.05. The maximum Gasteiger partial charge on any atom is 0.251 e. The molecule has 0 spiro atoms. The molecule has 3 rings (SSSR count). The van der Waals surface area contributed by atoms with E-state index in [4.69, 9.17) is 9.15 Å². The topological polar surface area (TPSA) is 64.4 Å². The van der Waals surface area contributed by atoms with Gasteiger partial charge in [-0.25, -0.2) is 9.37 Å². The van der Waals surface area contributed by atoms with Gasteiger partial charge in [-0.2, -0.15) is 0 Å². The summed E-state index contributed by atoms with van der Waals surface area (Å²) in [5.74, 6) is 0.443. The van der Waals surface area contributed by atoms with E-state index in [1.807, 2.05) is 0 Å². The van der Waals surface area contributed by atoms with Crippen molar-refractivity contribution in [3.05, 3.63) is 71.9 Å². The molecule has 3 aromatic rings. The minimum absolute atomic E-state index is 0.155. The normalized spacial score (nSPS) is 10.4. The Morgan fingerprint density at radius 3 is 2.75 bits per heavy atom. The number of amides is 1. The Hall–Kier alpha value is -3.15. The zero-order chi connectivity index (χ0) is 16.9. The van der Waals surface area contributed by atoms with Crippen LogP contribution >= 0.6 is 0 Å². The number of oxazole rings is 1. The first-order valence-corrected chi connectivity index (χ1v) is 7.31. The first-order valence-electron chi connectivity index (χ1n) is 7.31. The van der Waals surface area contributed by atoms with Crippen molar-refractivity contribution in [2.45, 2.75) is 6.61 Å². The number of aromatic nitrogens is 1. The van der Waals surface area contributed by atoms with Gasteiger partial charge >= 0.3 is 0 Å². The lowest BCUT2D eigenvalue weighted by Crippen LogP contribution is -2.17. The van der Waals surface area contributed by atoms with E-state index < -0.39 is 0 Å². The minimum atomic E-state index is -0.347. The Kier molecular flexibility index (Phi) is 4.56. The largest absolute Gasteiger partial charge is 0.487 e. The molecule has 0 bridgehead atoms. The summed E-state index contributed by atoms with van der Waals surface area (Å²) >= 11 is 0. The van der Waals surface area contributed by atoms with Gasteiger partial charge in [0, 0.05) is 18.2 Å². The molecule has 1 heterocycles. The molecule has 0 radical (unpaired) electrons. The van der Waals surface area contributed by atoms with Crippen molar-refractivity contribution in [2.75, 3.05) is 7.05 Å². The molecule has 0 unspecified atom stereocenters. The van der Waals surface area contributed by atoms with Crippen LogP contribution in [-0.2, 0) is 6.61 Å². The number of carbonyl (C=O) groups excluding carboxylic acids is 1. The zero-order valence-corrected chi connectivity index (χ0v) is 13.0. The van der Waals surface area contributed by atoms with E-state index in [0.717, 1.165) is 0 Å². The molecule has 1 amide bonds. The quantitative estimate of drug-likeness (QED) is 0.780. The third-order valence-electron chi connectivity index (χ3n) is 3.35. The second-order valence-corrected chi connectivity index (χ2v) is 5.05. The standard InChI is InChI=1S/C18H15FN2O3/c1-20-17(22)12-5-7-16(8-6-12)23-10-15-11-24-18(21-15)13-3-2-4-14(19)9-13/h2-9,11H,10H2,1H3,(H,20,22).